The van der Waals surface area contributed by atoms with Crippen LogP contribution in [0.3, 0.4) is 0 Å². The van der Waals surface area contributed by atoms with Crippen molar-refractivity contribution in [2.45, 2.75) is 33.2 Å². The highest BCUT2D eigenvalue weighted by Gasteiger charge is 2.32. The molecule has 1 N–H and O–H groups in total. The lowest BCUT2D eigenvalue weighted by molar-refractivity contribution is -0.120. The van der Waals surface area contributed by atoms with Crippen molar-refractivity contribution in [3.8, 4) is 0 Å². The average molecular weight is 368 g/mol. The monoisotopic (exact) mass is 368 g/mol. The summed E-state index contributed by atoms with van der Waals surface area (Å²) in [6.45, 7) is 7.09. The van der Waals surface area contributed by atoms with Gasteiger partial charge in [-0.25, -0.2) is 0 Å². The van der Waals surface area contributed by atoms with Crippen molar-refractivity contribution in [2.24, 2.45) is 11.8 Å². The summed E-state index contributed by atoms with van der Waals surface area (Å²) in [7, 11) is 0. The molecular formula is C21H28N4O2. The first-order chi connectivity index (χ1) is 13.1. The zero-order valence-electron chi connectivity index (χ0n) is 16.1. The molecular weight excluding hydrogens is 340 g/mol. The molecule has 0 unspecified atom stereocenters. The predicted octanol–water partition coefficient (Wildman–Crippen LogP) is 2.36. The average Bonchev–Trinajstić information content (AvgIpc) is 3.29. The van der Waals surface area contributed by atoms with Gasteiger partial charge in [-0.05, 0) is 30.7 Å². The van der Waals surface area contributed by atoms with Crippen molar-refractivity contribution in [1.29, 1.82) is 0 Å². The summed E-state index contributed by atoms with van der Waals surface area (Å²) in [5.41, 5.74) is 1.68. The number of hydrogen-bond acceptors (Lipinski definition) is 3. The number of amides is 2. The van der Waals surface area contributed by atoms with E-state index in [1.807, 2.05) is 48.4 Å². The molecule has 144 valence electrons. The summed E-state index contributed by atoms with van der Waals surface area (Å²) in [5.74, 6) is 0.942. The van der Waals surface area contributed by atoms with E-state index in [2.05, 4.69) is 17.3 Å². The van der Waals surface area contributed by atoms with Gasteiger partial charge in [0.1, 0.15) is 0 Å². The number of carbonyl (C=O) groups excluding carboxylic acids is 2. The maximum Gasteiger partial charge on any atom is 0.257 e. The van der Waals surface area contributed by atoms with E-state index in [1.54, 1.807) is 10.9 Å². The zero-order valence-corrected chi connectivity index (χ0v) is 16.1. The van der Waals surface area contributed by atoms with E-state index in [0.717, 1.165) is 31.6 Å². The Balaban J connectivity index is 1.44. The number of nitrogens with zero attached hydrogens (tertiary/aromatic N) is 3. The minimum atomic E-state index is 0.0479. The first-order valence-electron chi connectivity index (χ1n) is 9.69. The minimum absolute atomic E-state index is 0.0479. The molecule has 1 fully saturated rings. The molecule has 0 saturated carbocycles. The molecule has 0 spiro atoms. The number of aryl methyl sites for hydroxylation is 1. The number of rotatable bonds is 7. The molecule has 2 heterocycles. The summed E-state index contributed by atoms with van der Waals surface area (Å²) in [4.78, 5) is 26.6. The number of benzene rings is 1. The summed E-state index contributed by atoms with van der Waals surface area (Å²) in [6.07, 6.45) is 4.75. The van der Waals surface area contributed by atoms with Crippen LogP contribution < -0.4 is 5.32 Å². The number of carbonyl (C=O) groups is 2. The summed E-state index contributed by atoms with van der Waals surface area (Å²) >= 11 is 0. The Morgan fingerprint density at radius 3 is 2.70 bits per heavy atom. The molecule has 6 nitrogen and oxygen atoms in total. The predicted molar refractivity (Wildman–Crippen MR) is 104 cm³/mol. The normalized spacial score (nSPS) is 19.3. The summed E-state index contributed by atoms with van der Waals surface area (Å²) < 4.78 is 1.77. The quantitative estimate of drug-likeness (QED) is 0.816. The van der Waals surface area contributed by atoms with Crippen LogP contribution in [-0.2, 0) is 17.8 Å². The van der Waals surface area contributed by atoms with E-state index in [0.29, 0.717) is 30.4 Å². The smallest absolute Gasteiger partial charge is 0.257 e. The number of nitrogens with one attached hydrogen (secondary N) is 1. The minimum Gasteiger partial charge on any atom is -0.356 e. The van der Waals surface area contributed by atoms with Crippen LogP contribution in [-0.4, -0.2) is 46.1 Å². The Morgan fingerprint density at radius 1 is 1.22 bits per heavy atom. The summed E-state index contributed by atoms with van der Waals surface area (Å²) in [5, 5.41) is 7.20. The first-order valence-corrected chi connectivity index (χ1v) is 9.69. The Labute approximate surface area is 160 Å². The molecule has 2 amide bonds. The molecule has 6 heteroatoms. The highest BCUT2D eigenvalue weighted by atomic mass is 16.2. The van der Waals surface area contributed by atoms with Gasteiger partial charge in [0.05, 0.1) is 18.2 Å². The third-order valence-electron chi connectivity index (χ3n) is 5.30. The van der Waals surface area contributed by atoms with Crippen molar-refractivity contribution in [3.63, 3.8) is 0 Å². The second-order valence-electron chi connectivity index (χ2n) is 7.33. The van der Waals surface area contributed by atoms with Crippen LogP contribution in [0.2, 0.25) is 0 Å². The molecule has 2 aromatic rings. The van der Waals surface area contributed by atoms with Gasteiger partial charge >= 0.3 is 0 Å². The van der Waals surface area contributed by atoms with E-state index in [1.165, 1.54) is 0 Å². The lowest BCUT2D eigenvalue weighted by Crippen LogP contribution is -2.30. The van der Waals surface area contributed by atoms with Crippen molar-refractivity contribution >= 4 is 11.8 Å². The van der Waals surface area contributed by atoms with Gasteiger partial charge in [-0.3, -0.25) is 14.3 Å². The van der Waals surface area contributed by atoms with Gasteiger partial charge in [-0.2, -0.15) is 5.10 Å². The molecule has 0 radical (unpaired) electrons. The van der Waals surface area contributed by atoms with Crippen LogP contribution in [0, 0.1) is 11.8 Å². The second-order valence-corrected chi connectivity index (χ2v) is 7.33. The lowest BCUT2D eigenvalue weighted by Gasteiger charge is -2.16. The van der Waals surface area contributed by atoms with Gasteiger partial charge in [-0.1, -0.05) is 37.3 Å². The van der Waals surface area contributed by atoms with E-state index in [4.69, 9.17) is 0 Å². The Kier molecular flexibility index (Phi) is 6.27. The van der Waals surface area contributed by atoms with Gasteiger partial charge < -0.3 is 10.2 Å². The molecule has 27 heavy (non-hydrogen) atoms. The van der Waals surface area contributed by atoms with Crippen LogP contribution >= 0.6 is 0 Å². The van der Waals surface area contributed by atoms with Crippen molar-refractivity contribution in [3.05, 3.63) is 53.9 Å². The fourth-order valence-electron chi connectivity index (χ4n) is 3.65. The zero-order chi connectivity index (χ0) is 19.2. The Morgan fingerprint density at radius 2 is 2.00 bits per heavy atom. The largest absolute Gasteiger partial charge is 0.356 e. The lowest BCUT2D eigenvalue weighted by atomic mass is 9.95. The standard InChI is InChI=1S/C21H28N4O2/c1-3-25-15-19(12-23-25)21(27)24-13-16(2)18(14-24)9-10-22-20(26)11-17-7-5-4-6-8-17/h4-8,12,15-16,18H,3,9-11,13-14H2,1-2H3,(H,22,26)/t16-,18-/m1/s1. The van der Waals surface area contributed by atoms with Gasteiger partial charge in [0.2, 0.25) is 5.91 Å². The van der Waals surface area contributed by atoms with Crippen molar-refractivity contribution < 1.29 is 9.59 Å². The Hall–Kier alpha value is -2.63. The molecule has 1 aliphatic rings. The number of likely N-dealkylation sites (tertiary alicyclic amines) is 1. The molecule has 1 aromatic heterocycles. The summed E-state index contributed by atoms with van der Waals surface area (Å²) in [6, 6.07) is 9.76. The van der Waals surface area contributed by atoms with Crippen LogP contribution in [0.15, 0.2) is 42.7 Å². The molecule has 1 saturated heterocycles. The maximum atomic E-state index is 12.7. The topological polar surface area (TPSA) is 67.2 Å². The van der Waals surface area contributed by atoms with E-state index >= 15 is 0 Å². The molecule has 2 atom stereocenters. The first kappa shape index (κ1) is 19.1. The van der Waals surface area contributed by atoms with Gasteiger partial charge in [-0.15, -0.1) is 0 Å². The van der Waals surface area contributed by atoms with Crippen LogP contribution in [0.5, 0.6) is 0 Å². The van der Waals surface area contributed by atoms with Crippen molar-refractivity contribution in [2.75, 3.05) is 19.6 Å². The third kappa shape index (κ3) is 4.96. The van der Waals surface area contributed by atoms with E-state index in [9.17, 15) is 9.59 Å². The molecule has 1 aliphatic heterocycles. The third-order valence-corrected chi connectivity index (χ3v) is 5.30. The highest BCUT2D eigenvalue weighted by molar-refractivity contribution is 5.93. The molecule has 0 bridgehead atoms. The second kappa shape index (κ2) is 8.84. The van der Waals surface area contributed by atoms with Crippen LogP contribution in [0.4, 0.5) is 0 Å². The molecule has 1 aromatic carbocycles. The Bertz CT molecular complexity index is 771. The SMILES string of the molecule is CCn1cc(C(=O)N2C[C@@H](CCNC(=O)Cc3ccccc3)[C@H](C)C2)cn1. The fraction of sp³-hybridized carbons (Fsp3) is 0.476. The van der Waals surface area contributed by atoms with E-state index in [-0.39, 0.29) is 11.8 Å². The van der Waals surface area contributed by atoms with Crippen LogP contribution in [0.25, 0.3) is 0 Å². The molecule has 3 rings (SSSR count). The van der Waals surface area contributed by atoms with E-state index < -0.39 is 0 Å². The van der Waals surface area contributed by atoms with Gasteiger partial charge in [0.25, 0.3) is 5.91 Å². The number of hydrogen-bond donors (Lipinski definition) is 1. The molecule has 0 aliphatic carbocycles. The fourth-order valence-corrected chi connectivity index (χ4v) is 3.65. The van der Waals surface area contributed by atoms with Crippen LogP contribution in [0.1, 0.15) is 36.2 Å². The van der Waals surface area contributed by atoms with Crippen molar-refractivity contribution in [1.82, 2.24) is 20.0 Å². The number of aromatic nitrogens is 2. The van der Waals surface area contributed by atoms with Gasteiger partial charge in [0, 0.05) is 32.4 Å². The maximum absolute atomic E-state index is 12.7. The highest BCUT2D eigenvalue weighted by Crippen LogP contribution is 2.26. The van der Waals surface area contributed by atoms with Gasteiger partial charge in [0.15, 0.2) is 0 Å².